The van der Waals surface area contributed by atoms with Crippen LogP contribution < -0.4 is 0 Å². The summed E-state index contributed by atoms with van der Waals surface area (Å²) in [6.07, 6.45) is 3.70. The predicted octanol–water partition coefficient (Wildman–Crippen LogP) is 4.07. The molecule has 0 radical (unpaired) electrons. The van der Waals surface area contributed by atoms with Gasteiger partial charge in [-0.15, -0.1) is 0 Å². The summed E-state index contributed by atoms with van der Waals surface area (Å²) in [5.74, 6) is 0.305. The van der Waals surface area contributed by atoms with Gasteiger partial charge in [0.1, 0.15) is 5.75 Å². The summed E-state index contributed by atoms with van der Waals surface area (Å²) >= 11 is 0. The highest BCUT2D eigenvalue weighted by Crippen LogP contribution is 2.33. The normalized spacial score (nSPS) is 11.7. The van der Waals surface area contributed by atoms with Crippen LogP contribution in [0.25, 0.3) is 32.6 Å². The van der Waals surface area contributed by atoms with Gasteiger partial charge in [0.2, 0.25) is 0 Å². The van der Waals surface area contributed by atoms with Crippen LogP contribution in [0.1, 0.15) is 6.92 Å². The molecule has 0 amide bonds. The standard InChI is InChI=1S/C17H14N2O/c1-2-19-16-4-3-13(20)9-15(16)14-7-12-10-18-6-5-11(12)8-17(14)19/h3-10,20H,2H2,1H3. The summed E-state index contributed by atoms with van der Waals surface area (Å²) in [4.78, 5) is 4.19. The van der Waals surface area contributed by atoms with Gasteiger partial charge in [0.15, 0.2) is 0 Å². The number of fused-ring (bicyclic) bond motifs is 4. The molecule has 1 N–H and O–H groups in total. The Bertz CT molecular complexity index is 953. The van der Waals surface area contributed by atoms with Crippen molar-refractivity contribution in [2.75, 3.05) is 0 Å². The average Bonchev–Trinajstić information content (AvgIpc) is 2.77. The van der Waals surface area contributed by atoms with Gasteiger partial charge in [-0.2, -0.15) is 0 Å². The van der Waals surface area contributed by atoms with E-state index in [0.29, 0.717) is 5.75 Å². The Morgan fingerprint density at radius 1 is 1.00 bits per heavy atom. The molecule has 2 heterocycles. The molecule has 0 atom stereocenters. The topological polar surface area (TPSA) is 38.0 Å². The molecule has 2 aromatic carbocycles. The number of benzene rings is 2. The van der Waals surface area contributed by atoms with Gasteiger partial charge in [-0.3, -0.25) is 4.98 Å². The van der Waals surface area contributed by atoms with E-state index in [4.69, 9.17) is 0 Å². The molecule has 4 aromatic rings. The summed E-state index contributed by atoms with van der Waals surface area (Å²) in [6, 6.07) is 12.0. The predicted molar refractivity (Wildman–Crippen MR) is 82.1 cm³/mol. The van der Waals surface area contributed by atoms with E-state index in [1.54, 1.807) is 6.07 Å². The van der Waals surface area contributed by atoms with Crippen molar-refractivity contribution in [2.45, 2.75) is 13.5 Å². The number of hydrogen-bond acceptors (Lipinski definition) is 2. The van der Waals surface area contributed by atoms with E-state index in [1.165, 1.54) is 16.3 Å². The van der Waals surface area contributed by atoms with Crippen LogP contribution in [-0.2, 0) is 6.54 Å². The third kappa shape index (κ3) is 1.43. The van der Waals surface area contributed by atoms with Gasteiger partial charge in [0, 0.05) is 46.1 Å². The second-order valence-corrected chi connectivity index (χ2v) is 5.04. The van der Waals surface area contributed by atoms with Gasteiger partial charge in [-0.1, -0.05) is 0 Å². The number of hydrogen-bond donors (Lipinski definition) is 1. The largest absolute Gasteiger partial charge is 0.508 e. The van der Waals surface area contributed by atoms with Gasteiger partial charge < -0.3 is 9.67 Å². The Labute approximate surface area is 116 Å². The summed E-state index contributed by atoms with van der Waals surface area (Å²) in [7, 11) is 0. The van der Waals surface area contributed by atoms with Crippen LogP contribution in [0.15, 0.2) is 48.8 Å². The summed E-state index contributed by atoms with van der Waals surface area (Å²) < 4.78 is 2.28. The molecule has 4 rings (SSSR count). The zero-order valence-corrected chi connectivity index (χ0v) is 11.2. The van der Waals surface area contributed by atoms with Crippen LogP contribution in [0.5, 0.6) is 5.75 Å². The van der Waals surface area contributed by atoms with E-state index in [0.717, 1.165) is 22.8 Å². The van der Waals surface area contributed by atoms with Gasteiger partial charge in [-0.25, -0.2) is 0 Å². The second-order valence-electron chi connectivity index (χ2n) is 5.04. The maximum Gasteiger partial charge on any atom is 0.116 e. The lowest BCUT2D eigenvalue weighted by Crippen LogP contribution is -1.92. The molecule has 98 valence electrons. The van der Waals surface area contributed by atoms with Crippen LogP contribution in [0.3, 0.4) is 0 Å². The van der Waals surface area contributed by atoms with Crippen molar-refractivity contribution in [2.24, 2.45) is 0 Å². The van der Waals surface area contributed by atoms with Crippen LogP contribution in [0, 0.1) is 0 Å². The van der Waals surface area contributed by atoms with Crippen molar-refractivity contribution >= 4 is 32.6 Å². The lowest BCUT2D eigenvalue weighted by Gasteiger charge is -2.03. The smallest absolute Gasteiger partial charge is 0.116 e. The van der Waals surface area contributed by atoms with E-state index >= 15 is 0 Å². The quantitative estimate of drug-likeness (QED) is 0.561. The summed E-state index contributed by atoms with van der Waals surface area (Å²) in [5, 5.41) is 14.3. The first-order valence-corrected chi connectivity index (χ1v) is 6.76. The summed E-state index contributed by atoms with van der Waals surface area (Å²) in [6.45, 7) is 3.05. The number of rotatable bonds is 1. The highest BCUT2D eigenvalue weighted by Gasteiger charge is 2.11. The molecule has 0 aliphatic carbocycles. The fourth-order valence-corrected chi connectivity index (χ4v) is 3.01. The van der Waals surface area contributed by atoms with Crippen molar-refractivity contribution in [1.29, 1.82) is 0 Å². The Morgan fingerprint density at radius 3 is 2.70 bits per heavy atom. The Morgan fingerprint density at radius 2 is 1.85 bits per heavy atom. The maximum atomic E-state index is 9.76. The minimum atomic E-state index is 0.305. The average molecular weight is 262 g/mol. The Balaban J connectivity index is 2.28. The van der Waals surface area contributed by atoms with E-state index in [2.05, 4.69) is 28.6 Å². The van der Waals surface area contributed by atoms with E-state index in [1.807, 2.05) is 30.6 Å². The third-order valence-electron chi connectivity index (χ3n) is 3.92. The third-order valence-corrected chi connectivity index (χ3v) is 3.92. The van der Waals surface area contributed by atoms with Gasteiger partial charge >= 0.3 is 0 Å². The Kier molecular flexibility index (Phi) is 2.24. The van der Waals surface area contributed by atoms with Crippen molar-refractivity contribution < 1.29 is 5.11 Å². The molecule has 3 heteroatoms. The SMILES string of the molecule is CCn1c2ccc(O)cc2c2cc3cnccc3cc21. The number of aromatic nitrogens is 2. The van der Waals surface area contributed by atoms with E-state index in [9.17, 15) is 5.11 Å². The minimum absolute atomic E-state index is 0.305. The molecule has 0 spiro atoms. The van der Waals surface area contributed by atoms with Crippen molar-refractivity contribution in [3.05, 3.63) is 48.8 Å². The fraction of sp³-hybridized carbons (Fsp3) is 0.118. The maximum absolute atomic E-state index is 9.76. The van der Waals surface area contributed by atoms with Crippen molar-refractivity contribution in [1.82, 2.24) is 9.55 Å². The molecule has 0 fully saturated rings. The highest BCUT2D eigenvalue weighted by atomic mass is 16.3. The minimum Gasteiger partial charge on any atom is -0.508 e. The van der Waals surface area contributed by atoms with Crippen molar-refractivity contribution in [3.8, 4) is 5.75 Å². The zero-order valence-electron chi connectivity index (χ0n) is 11.2. The van der Waals surface area contributed by atoms with Crippen LogP contribution in [0.2, 0.25) is 0 Å². The van der Waals surface area contributed by atoms with Gasteiger partial charge in [0.05, 0.1) is 0 Å². The molecule has 0 aliphatic heterocycles. The first-order valence-electron chi connectivity index (χ1n) is 6.76. The first-order chi connectivity index (χ1) is 9.78. The van der Waals surface area contributed by atoms with Crippen LogP contribution in [0.4, 0.5) is 0 Å². The molecule has 0 saturated heterocycles. The molecule has 0 bridgehead atoms. The lowest BCUT2D eigenvalue weighted by atomic mass is 10.1. The van der Waals surface area contributed by atoms with Crippen LogP contribution in [-0.4, -0.2) is 14.7 Å². The molecule has 2 aromatic heterocycles. The van der Waals surface area contributed by atoms with Gasteiger partial charge in [0.25, 0.3) is 0 Å². The monoisotopic (exact) mass is 262 g/mol. The zero-order chi connectivity index (χ0) is 13.7. The van der Waals surface area contributed by atoms with E-state index < -0.39 is 0 Å². The molecule has 0 unspecified atom stereocenters. The second kappa shape index (κ2) is 3.97. The molecule has 20 heavy (non-hydrogen) atoms. The molecule has 0 saturated carbocycles. The van der Waals surface area contributed by atoms with Gasteiger partial charge in [-0.05, 0) is 48.7 Å². The van der Waals surface area contributed by atoms with E-state index in [-0.39, 0.29) is 0 Å². The highest BCUT2D eigenvalue weighted by molar-refractivity contribution is 6.12. The number of aryl methyl sites for hydroxylation is 1. The number of nitrogens with zero attached hydrogens (tertiary/aromatic N) is 2. The summed E-state index contributed by atoms with van der Waals surface area (Å²) in [5.41, 5.74) is 2.36. The fourth-order valence-electron chi connectivity index (χ4n) is 3.01. The number of phenolic OH excluding ortho intramolecular Hbond substituents is 1. The molecule has 3 nitrogen and oxygen atoms in total. The van der Waals surface area contributed by atoms with Crippen LogP contribution >= 0.6 is 0 Å². The Hall–Kier alpha value is -2.55. The molecular formula is C17H14N2O. The van der Waals surface area contributed by atoms with Crippen molar-refractivity contribution in [3.63, 3.8) is 0 Å². The first kappa shape index (κ1) is 11.3. The molecule has 0 aliphatic rings. The number of pyridine rings is 1. The number of aromatic hydroxyl groups is 1. The lowest BCUT2D eigenvalue weighted by molar-refractivity contribution is 0.476. The molecular weight excluding hydrogens is 248 g/mol. The number of phenols is 1.